The number of nitrogens with two attached hydrogens (primary N) is 1. The monoisotopic (exact) mass is 530 g/mol. The van der Waals surface area contributed by atoms with Crippen LogP contribution in [0.2, 0.25) is 0 Å². The van der Waals surface area contributed by atoms with Crippen molar-refractivity contribution in [3.05, 3.63) is 71.9 Å². The fourth-order valence-electron chi connectivity index (χ4n) is 3.87. The second-order valence-corrected chi connectivity index (χ2v) is 8.12. The number of aryl methyl sites for hydroxylation is 1. The summed E-state index contributed by atoms with van der Waals surface area (Å²) in [5.41, 5.74) is 7.35. The van der Waals surface area contributed by atoms with Crippen LogP contribution < -0.4 is 16.4 Å². The topological polar surface area (TPSA) is 124 Å². The van der Waals surface area contributed by atoms with Gasteiger partial charge < -0.3 is 21.1 Å². The highest BCUT2D eigenvalue weighted by Crippen LogP contribution is 2.34. The molecule has 0 aliphatic rings. The molecule has 38 heavy (non-hydrogen) atoms. The fraction of sp³-hybridized carbons (Fsp3) is 0.200. The molecule has 0 radical (unpaired) electrons. The zero-order valence-corrected chi connectivity index (χ0v) is 20.0. The Morgan fingerprint density at radius 2 is 1.84 bits per heavy atom. The van der Waals surface area contributed by atoms with E-state index in [4.69, 9.17) is 10.5 Å². The first-order chi connectivity index (χ1) is 18.1. The number of aromatic nitrogens is 3. The molecule has 0 unspecified atom stereocenters. The maximum Gasteiger partial charge on any atom is 0.416 e. The quantitative estimate of drug-likeness (QED) is 0.221. The van der Waals surface area contributed by atoms with Crippen LogP contribution in [0.5, 0.6) is 0 Å². The molecule has 0 aliphatic heterocycles. The van der Waals surface area contributed by atoms with Gasteiger partial charge in [-0.15, -0.1) is 0 Å². The van der Waals surface area contributed by atoms with Gasteiger partial charge in [-0.1, -0.05) is 12.1 Å². The number of fused-ring (bicyclic) bond motifs is 1. The number of nitrogen functional groups attached to an aromatic ring is 1. The number of esters is 1. The number of hydrogen-bond acceptors (Lipinski definition) is 6. The number of carbonyl (C=O) groups excluding carboxylic acids is 2. The van der Waals surface area contributed by atoms with E-state index in [1.165, 1.54) is 6.33 Å². The summed E-state index contributed by atoms with van der Waals surface area (Å²) in [7, 11) is 0. The zero-order valence-electron chi connectivity index (χ0n) is 20.0. The van der Waals surface area contributed by atoms with Gasteiger partial charge in [-0.25, -0.2) is 18.7 Å². The van der Waals surface area contributed by atoms with Crippen LogP contribution in [-0.2, 0) is 22.1 Å². The lowest BCUT2D eigenvalue weighted by atomic mass is 9.99. The molecule has 2 amide bonds. The number of urea groups is 1. The molecule has 2 heterocycles. The zero-order chi connectivity index (χ0) is 27.4. The van der Waals surface area contributed by atoms with Crippen molar-refractivity contribution in [1.82, 2.24) is 14.6 Å². The highest BCUT2D eigenvalue weighted by Gasteiger charge is 2.31. The van der Waals surface area contributed by atoms with Crippen molar-refractivity contribution < 1.29 is 31.9 Å². The summed E-state index contributed by atoms with van der Waals surface area (Å²) < 4.78 is 59.3. The number of halogens is 4. The van der Waals surface area contributed by atoms with E-state index in [1.807, 2.05) is 0 Å². The number of ether oxygens (including phenoxy) is 1. The van der Waals surface area contributed by atoms with Gasteiger partial charge in [0.1, 0.15) is 17.7 Å². The third kappa shape index (κ3) is 5.82. The minimum Gasteiger partial charge on any atom is -0.466 e. The molecule has 0 bridgehead atoms. The summed E-state index contributed by atoms with van der Waals surface area (Å²) in [6.45, 7) is 1.99. The summed E-state index contributed by atoms with van der Waals surface area (Å²) in [4.78, 5) is 28.3. The van der Waals surface area contributed by atoms with Gasteiger partial charge in [-0.3, -0.25) is 4.79 Å². The van der Waals surface area contributed by atoms with Crippen LogP contribution in [-0.4, -0.2) is 33.2 Å². The largest absolute Gasteiger partial charge is 0.466 e. The predicted octanol–water partition coefficient (Wildman–Crippen LogP) is 5.28. The Kier molecular flexibility index (Phi) is 7.46. The van der Waals surface area contributed by atoms with Gasteiger partial charge in [-0.05, 0) is 54.8 Å². The van der Waals surface area contributed by atoms with Crippen LogP contribution in [0.25, 0.3) is 16.6 Å². The van der Waals surface area contributed by atoms with Crippen LogP contribution in [0.3, 0.4) is 0 Å². The van der Waals surface area contributed by atoms with Gasteiger partial charge in [0.05, 0.1) is 17.9 Å². The SMILES string of the molecule is CCOC(=O)CCc1cn2ncnc(N)c2c1-c1ccc(NC(=O)Nc2cc(C(F)(F)F)ccc2F)cc1. The first-order valence-electron chi connectivity index (χ1n) is 11.4. The Morgan fingerprint density at radius 3 is 2.53 bits per heavy atom. The second-order valence-electron chi connectivity index (χ2n) is 8.12. The number of hydrogen-bond donors (Lipinski definition) is 3. The van der Waals surface area contributed by atoms with E-state index in [0.717, 1.165) is 5.56 Å². The van der Waals surface area contributed by atoms with Crippen LogP contribution in [0.1, 0.15) is 24.5 Å². The van der Waals surface area contributed by atoms with Crippen molar-refractivity contribution in [3.63, 3.8) is 0 Å². The van der Waals surface area contributed by atoms with Gasteiger partial charge in [0, 0.05) is 23.9 Å². The van der Waals surface area contributed by atoms with E-state index in [-0.39, 0.29) is 24.8 Å². The molecule has 4 aromatic rings. The lowest BCUT2D eigenvalue weighted by Gasteiger charge is -2.12. The first-order valence-corrected chi connectivity index (χ1v) is 11.4. The van der Waals surface area contributed by atoms with E-state index in [1.54, 1.807) is 41.9 Å². The normalized spacial score (nSPS) is 11.4. The third-order valence-electron chi connectivity index (χ3n) is 5.56. The summed E-state index contributed by atoms with van der Waals surface area (Å²) in [5.74, 6) is -1.14. The smallest absolute Gasteiger partial charge is 0.416 e. The van der Waals surface area contributed by atoms with Gasteiger partial charge in [-0.2, -0.15) is 18.3 Å². The number of anilines is 3. The first kappa shape index (κ1) is 26.4. The van der Waals surface area contributed by atoms with Crippen molar-refractivity contribution in [2.24, 2.45) is 0 Å². The lowest BCUT2D eigenvalue weighted by molar-refractivity contribution is -0.143. The van der Waals surface area contributed by atoms with Crippen LogP contribution in [0.4, 0.5) is 39.5 Å². The number of benzene rings is 2. The molecule has 198 valence electrons. The minimum absolute atomic E-state index is 0.136. The molecule has 0 aliphatic carbocycles. The highest BCUT2D eigenvalue weighted by molar-refractivity contribution is 6.00. The number of nitrogens with one attached hydrogen (secondary N) is 2. The lowest BCUT2D eigenvalue weighted by Crippen LogP contribution is -2.20. The third-order valence-corrected chi connectivity index (χ3v) is 5.56. The van der Waals surface area contributed by atoms with Crippen molar-refractivity contribution in [2.75, 3.05) is 23.0 Å². The summed E-state index contributed by atoms with van der Waals surface area (Å²) in [6, 6.07) is 7.25. The molecule has 9 nitrogen and oxygen atoms in total. The predicted molar refractivity (Wildman–Crippen MR) is 132 cm³/mol. The van der Waals surface area contributed by atoms with Gasteiger partial charge in [0.15, 0.2) is 5.82 Å². The molecule has 13 heteroatoms. The number of alkyl halides is 3. The Labute approximate surface area is 213 Å². The Bertz CT molecular complexity index is 1490. The number of nitrogens with zero attached hydrogens (tertiary/aromatic N) is 3. The molecular weight excluding hydrogens is 508 g/mol. The maximum absolute atomic E-state index is 14.0. The molecule has 4 N–H and O–H groups in total. The maximum atomic E-state index is 14.0. The van der Waals surface area contributed by atoms with Crippen molar-refractivity contribution in [2.45, 2.75) is 25.9 Å². The van der Waals surface area contributed by atoms with Gasteiger partial charge >= 0.3 is 18.2 Å². The Morgan fingerprint density at radius 1 is 1.11 bits per heavy atom. The van der Waals surface area contributed by atoms with Crippen LogP contribution >= 0.6 is 0 Å². The summed E-state index contributed by atoms with van der Waals surface area (Å²) in [6.07, 6.45) is -1.16. The standard InChI is InChI=1S/C25H22F4N6O3/c1-2-38-20(36)10-5-15-12-35-22(23(30)31-13-32-35)21(15)14-3-7-17(8-4-14)33-24(37)34-19-11-16(25(27,28)29)6-9-18(19)26/h3-4,6-9,11-13H,2,5,10H2,1H3,(H2,30,31,32)(H2,33,34,37). The van der Waals surface area contributed by atoms with E-state index in [9.17, 15) is 27.2 Å². The van der Waals surface area contributed by atoms with Crippen LogP contribution in [0, 0.1) is 5.82 Å². The minimum atomic E-state index is -4.69. The average molecular weight is 530 g/mol. The van der Waals surface area contributed by atoms with E-state index >= 15 is 0 Å². The number of carbonyl (C=O) groups is 2. The number of amides is 2. The molecule has 0 spiro atoms. The average Bonchev–Trinajstić information content (AvgIpc) is 3.24. The van der Waals surface area contributed by atoms with E-state index in [2.05, 4.69) is 20.7 Å². The van der Waals surface area contributed by atoms with Crippen molar-refractivity contribution in [3.8, 4) is 11.1 Å². The Hall–Kier alpha value is -4.68. The molecular formula is C25H22F4N6O3. The van der Waals surface area contributed by atoms with E-state index < -0.39 is 29.3 Å². The molecule has 0 saturated heterocycles. The molecule has 2 aromatic heterocycles. The highest BCUT2D eigenvalue weighted by atomic mass is 19.4. The molecule has 4 rings (SSSR count). The Balaban J connectivity index is 1.55. The van der Waals surface area contributed by atoms with Gasteiger partial charge in [0.2, 0.25) is 0 Å². The van der Waals surface area contributed by atoms with Crippen molar-refractivity contribution >= 4 is 34.7 Å². The molecule has 0 saturated carbocycles. The summed E-state index contributed by atoms with van der Waals surface area (Å²) >= 11 is 0. The molecule has 2 aromatic carbocycles. The summed E-state index contributed by atoms with van der Waals surface area (Å²) in [5, 5.41) is 8.72. The molecule has 0 atom stereocenters. The second kappa shape index (κ2) is 10.7. The van der Waals surface area contributed by atoms with Crippen molar-refractivity contribution in [1.29, 1.82) is 0 Å². The van der Waals surface area contributed by atoms with Gasteiger partial charge in [0.25, 0.3) is 0 Å². The number of rotatable bonds is 7. The molecule has 0 fully saturated rings. The van der Waals surface area contributed by atoms with Crippen LogP contribution in [0.15, 0.2) is 55.0 Å². The fourth-order valence-corrected chi connectivity index (χ4v) is 3.87. The van der Waals surface area contributed by atoms with E-state index in [0.29, 0.717) is 47.0 Å².